The Balaban J connectivity index is 3.22. The predicted molar refractivity (Wildman–Crippen MR) is 41.6 cm³/mol. The second kappa shape index (κ2) is 4.07. The van der Waals surface area contributed by atoms with E-state index in [-0.39, 0.29) is 5.56 Å². The standard InChI is InChI=1S/C9H7F3O/c10-4-8(12)9-6(5-13)2-1-3-7(9)11/h1-3,5,8H,4H2. The van der Waals surface area contributed by atoms with Gasteiger partial charge in [0.15, 0.2) is 12.5 Å². The van der Waals surface area contributed by atoms with Gasteiger partial charge in [0.25, 0.3) is 0 Å². The molecule has 1 rings (SSSR count). The predicted octanol–water partition coefficient (Wildman–Crippen LogP) is 2.62. The number of rotatable bonds is 3. The fourth-order valence-electron chi connectivity index (χ4n) is 1.06. The molecule has 1 aromatic rings. The first-order valence-electron chi connectivity index (χ1n) is 3.64. The van der Waals surface area contributed by atoms with Crippen LogP contribution in [0, 0.1) is 5.82 Å². The molecule has 0 heterocycles. The van der Waals surface area contributed by atoms with Gasteiger partial charge < -0.3 is 0 Å². The van der Waals surface area contributed by atoms with E-state index in [2.05, 4.69) is 0 Å². The fourth-order valence-corrected chi connectivity index (χ4v) is 1.06. The highest BCUT2D eigenvalue weighted by atomic mass is 19.2. The molecular weight excluding hydrogens is 181 g/mol. The van der Waals surface area contributed by atoms with Gasteiger partial charge in [-0.2, -0.15) is 0 Å². The Morgan fingerprint density at radius 2 is 2.15 bits per heavy atom. The largest absolute Gasteiger partial charge is 0.298 e. The Morgan fingerprint density at radius 3 is 2.69 bits per heavy atom. The first-order valence-corrected chi connectivity index (χ1v) is 3.64. The Kier molecular flexibility index (Phi) is 3.06. The van der Waals surface area contributed by atoms with Crippen molar-refractivity contribution < 1.29 is 18.0 Å². The summed E-state index contributed by atoms with van der Waals surface area (Å²) in [4.78, 5) is 10.3. The van der Waals surface area contributed by atoms with Gasteiger partial charge in [0.1, 0.15) is 12.5 Å². The van der Waals surface area contributed by atoms with Crippen LogP contribution in [0.25, 0.3) is 0 Å². The third-order valence-corrected chi connectivity index (χ3v) is 1.66. The number of benzene rings is 1. The molecule has 0 saturated heterocycles. The average molecular weight is 188 g/mol. The summed E-state index contributed by atoms with van der Waals surface area (Å²) in [6.07, 6.45) is -1.76. The van der Waals surface area contributed by atoms with Crippen LogP contribution >= 0.6 is 0 Å². The summed E-state index contributed by atoms with van der Waals surface area (Å²) in [5, 5.41) is 0. The maximum atomic E-state index is 12.9. The van der Waals surface area contributed by atoms with Gasteiger partial charge in [0.05, 0.1) is 0 Å². The zero-order valence-electron chi connectivity index (χ0n) is 6.64. The van der Waals surface area contributed by atoms with Crippen molar-refractivity contribution >= 4 is 6.29 Å². The molecule has 0 bridgehead atoms. The monoisotopic (exact) mass is 188 g/mol. The van der Waals surface area contributed by atoms with Crippen LogP contribution in [-0.2, 0) is 0 Å². The van der Waals surface area contributed by atoms with E-state index in [0.29, 0.717) is 6.29 Å². The molecule has 0 saturated carbocycles. The lowest BCUT2D eigenvalue weighted by molar-refractivity contribution is 0.111. The minimum atomic E-state index is -2.07. The third kappa shape index (κ3) is 1.88. The van der Waals surface area contributed by atoms with Crippen molar-refractivity contribution in [2.24, 2.45) is 0 Å². The van der Waals surface area contributed by atoms with Gasteiger partial charge in [-0.3, -0.25) is 4.79 Å². The lowest BCUT2D eigenvalue weighted by Crippen LogP contribution is -2.02. The van der Waals surface area contributed by atoms with E-state index < -0.39 is 24.2 Å². The topological polar surface area (TPSA) is 17.1 Å². The molecule has 1 atom stereocenters. The smallest absolute Gasteiger partial charge is 0.157 e. The van der Waals surface area contributed by atoms with Gasteiger partial charge in [-0.05, 0) is 6.07 Å². The van der Waals surface area contributed by atoms with Crippen LogP contribution in [0.2, 0.25) is 0 Å². The third-order valence-electron chi connectivity index (χ3n) is 1.66. The number of halogens is 3. The summed E-state index contributed by atoms with van der Waals surface area (Å²) in [6, 6.07) is 3.51. The lowest BCUT2D eigenvalue weighted by atomic mass is 10.0. The molecule has 0 aliphatic carbocycles. The zero-order chi connectivity index (χ0) is 9.84. The molecule has 0 spiro atoms. The molecule has 0 aliphatic heterocycles. The molecule has 1 aromatic carbocycles. The van der Waals surface area contributed by atoms with Crippen molar-refractivity contribution in [2.45, 2.75) is 6.17 Å². The summed E-state index contributed by atoms with van der Waals surface area (Å²) >= 11 is 0. The normalized spacial score (nSPS) is 12.5. The van der Waals surface area contributed by atoms with Crippen molar-refractivity contribution in [1.82, 2.24) is 0 Å². The lowest BCUT2D eigenvalue weighted by Gasteiger charge is -2.07. The maximum absolute atomic E-state index is 12.9. The van der Waals surface area contributed by atoms with Crippen LogP contribution in [0.1, 0.15) is 22.1 Å². The molecule has 1 nitrogen and oxygen atoms in total. The SMILES string of the molecule is O=Cc1cccc(F)c1C(F)CF. The van der Waals surface area contributed by atoms with Crippen LogP contribution in [0.5, 0.6) is 0 Å². The molecular formula is C9H7F3O. The number of hydrogen-bond acceptors (Lipinski definition) is 1. The summed E-state index contributed by atoms with van der Waals surface area (Å²) in [6.45, 7) is -1.33. The highest BCUT2D eigenvalue weighted by Gasteiger charge is 2.18. The van der Waals surface area contributed by atoms with Crippen LogP contribution in [-0.4, -0.2) is 13.0 Å². The van der Waals surface area contributed by atoms with E-state index in [1.807, 2.05) is 0 Å². The first-order chi connectivity index (χ1) is 6.20. The molecule has 1 unspecified atom stereocenters. The van der Waals surface area contributed by atoms with E-state index in [1.165, 1.54) is 12.1 Å². The maximum Gasteiger partial charge on any atom is 0.157 e. The summed E-state index contributed by atoms with van der Waals surface area (Å²) < 4.78 is 37.6. The highest BCUT2D eigenvalue weighted by molar-refractivity contribution is 5.77. The Hall–Kier alpha value is -1.32. The van der Waals surface area contributed by atoms with Crippen LogP contribution < -0.4 is 0 Å². The highest BCUT2D eigenvalue weighted by Crippen LogP contribution is 2.24. The average Bonchev–Trinajstić information content (AvgIpc) is 2.16. The zero-order valence-corrected chi connectivity index (χ0v) is 6.64. The number of carbonyl (C=O) groups excluding carboxylic acids is 1. The molecule has 0 radical (unpaired) electrons. The van der Waals surface area contributed by atoms with Gasteiger partial charge in [-0.25, -0.2) is 13.2 Å². The summed E-state index contributed by atoms with van der Waals surface area (Å²) in [5.41, 5.74) is -0.648. The fraction of sp³-hybridized carbons (Fsp3) is 0.222. The first kappa shape index (κ1) is 9.77. The second-order valence-electron chi connectivity index (χ2n) is 2.48. The van der Waals surface area contributed by atoms with Gasteiger partial charge in [0, 0.05) is 11.1 Å². The molecule has 70 valence electrons. The van der Waals surface area contributed by atoms with Crippen molar-refractivity contribution in [1.29, 1.82) is 0 Å². The van der Waals surface area contributed by atoms with Gasteiger partial charge in [-0.15, -0.1) is 0 Å². The van der Waals surface area contributed by atoms with E-state index >= 15 is 0 Å². The number of aldehydes is 1. The van der Waals surface area contributed by atoms with E-state index in [0.717, 1.165) is 6.07 Å². The van der Waals surface area contributed by atoms with Gasteiger partial charge >= 0.3 is 0 Å². The van der Waals surface area contributed by atoms with Crippen LogP contribution in [0.15, 0.2) is 18.2 Å². The van der Waals surface area contributed by atoms with Crippen molar-refractivity contribution in [3.8, 4) is 0 Å². The van der Waals surface area contributed by atoms with Crippen LogP contribution in [0.4, 0.5) is 13.2 Å². The van der Waals surface area contributed by atoms with Crippen LogP contribution in [0.3, 0.4) is 0 Å². The number of carbonyl (C=O) groups is 1. The Morgan fingerprint density at radius 1 is 1.46 bits per heavy atom. The quantitative estimate of drug-likeness (QED) is 0.666. The molecule has 0 fully saturated rings. The molecule has 0 amide bonds. The van der Waals surface area contributed by atoms with Crippen molar-refractivity contribution in [3.63, 3.8) is 0 Å². The Labute approximate surface area is 73.2 Å². The van der Waals surface area contributed by atoms with E-state index in [1.54, 1.807) is 0 Å². The molecule has 0 aliphatic rings. The minimum absolute atomic E-state index is 0.148. The minimum Gasteiger partial charge on any atom is -0.298 e. The molecule has 0 N–H and O–H groups in total. The summed E-state index contributed by atoms with van der Waals surface area (Å²) in [7, 11) is 0. The number of alkyl halides is 2. The van der Waals surface area contributed by atoms with Gasteiger partial charge in [0.2, 0.25) is 0 Å². The van der Waals surface area contributed by atoms with E-state index in [9.17, 15) is 18.0 Å². The van der Waals surface area contributed by atoms with E-state index in [4.69, 9.17) is 0 Å². The van der Waals surface area contributed by atoms with Gasteiger partial charge in [-0.1, -0.05) is 12.1 Å². The van der Waals surface area contributed by atoms with Crippen molar-refractivity contribution in [2.75, 3.05) is 6.67 Å². The second-order valence-corrected chi connectivity index (χ2v) is 2.48. The van der Waals surface area contributed by atoms with Crippen molar-refractivity contribution in [3.05, 3.63) is 35.1 Å². The number of hydrogen-bond donors (Lipinski definition) is 0. The summed E-state index contributed by atoms with van der Waals surface area (Å²) in [5.74, 6) is -0.894. The molecule has 0 aromatic heterocycles. The molecule has 13 heavy (non-hydrogen) atoms. The molecule has 4 heteroatoms. The Bertz CT molecular complexity index is 312.